The normalized spacial score (nSPS) is 19.3. The number of amidine groups is 1. The minimum absolute atomic E-state index is 0.0595. The molecule has 1 amide bonds. The monoisotopic (exact) mass is 307 g/mol. The van der Waals surface area contributed by atoms with Crippen molar-refractivity contribution in [2.75, 3.05) is 26.7 Å². The van der Waals surface area contributed by atoms with Gasteiger partial charge in [0.2, 0.25) is 0 Å². The average molecular weight is 307 g/mol. The van der Waals surface area contributed by atoms with Gasteiger partial charge in [0.25, 0.3) is 0 Å². The molecule has 1 rings (SSSR count). The summed E-state index contributed by atoms with van der Waals surface area (Å²) in [6, 6.07) is 0. The number of hydrogen-bond donors (Lipinski definition) is 4. The van der Waals surface area contributed by atoms with Crippen molar-refractivity contribution in [3.05, 3.63) is 0 Å². The number of rotatable bonds is 5. The van der Waals surface area contributed by atoms with Gasteiger partial charge in [-0.05, 0) is 26.8 Å². The van der Waals surface area contributed by atoms with Crippen LogP contribution in [0.15, 0.2) is 0 Å². The van der Waals surface area contributed by atoms with Crippen LogP contribution in [0.25, 0.3) is 0 Å². The third-order valence-electron chi connectivity index (χ3n) is 3.18. The number of hydrogen-bond acceptors (Lipinski definition) is 6. The van der Waals surface area contributed by atoms with Crippen LogP contribution >= 0.6 is 0 Å². The Morgan fingerprint density at radius 3 is 2.45 bits per heavy atom. The second kappa shape index (κ2) is 6.37. The summed E-state index contributed by atoms with van der Waals surface area (Å²) < 4.78 is 32.3. The topological polar surface area (TPSA) is 138 Å². The minimum atomic E-state index is -4.14. The second-order valence-corrected chi connectivity index (χ2v) is 6.14. The van der Waals surface area contributed by atoms with E-state index < -0.39 is 21.8 Å². The standard InChI is InChI=1S/C10H21N5O4S/c1-3-19-9(16)13-20(17,18)14-10(8(11)12)4-6-15(2)7-5-10/h14H,3-7H2,1-2H3,(H3,11,12)(H,13,16). The second-order valence-electron chi connectivity index (χ2n) is 4.73. The van der Waals surface area contributed by atoms with Gasteiger partial charge in [0, 0.05) is 13.1 Å². The number of nitrogens with two attached hydrogens (primary N) is 1. The van der Waals surface area contributed by atoms with Crippen LogP contribution in [0.1, 0.15) is 19.8 Å². The lowest BCUT2D eigenvalue weighted by atomic mass is 9.88. The molecule has 1 aliphatic heterocycles. The zero-order chi connectivity index (χ0) is 15.4. The molecule has 10 heteroatoms. The van der Waals surface area contributed by atoms with Crippen molar-refractivity contribution in [2.45, 2.75) is 25.3 Å². The third kappa shape index (κ3) is 4.32. The fourth-order valence-corrected chi connectivity index (χ4v) is 3.14. The van der Waals surface area contributed by atoms with Crippen molar-refractivity contribution in [1.82, 2.24) is 14.3 Å². The third-order valence-corrected chi connectivity index (χ3v) is 4.27. The zero-order valence-electron chi connectivity index (χ0n) is 11.6. The highest BCUT2D eigenvalue weighted by atomic mass is 32.2. The summed E-state index contributed by atoms with van der Waals surface area (Å²) in [5.74, 6) is -0.264. The van der Waals surface area contributed by atoms with Gasteiger partial charge in [0.05, 0.1) is 12.1 Å². The highest BCUT2D eigenvalue weighted by Crippen LogP contribution is 2.22. The van der Waals surface area contributed by atoms with E-state index in [4.69, 9.17) is 11.1 Å². The lowest BCUT2D eigenvalue weighted by molar-refractivity contribution is 0.158. The molecule has 0 aromatic heterocycles. The molecule has 20 heavy (non-hydrogen) atoms. The Labute approximate surface area is 118 Å². The molecule has 0 spiro atoms. The first-order valence-corrected chi connectivity index (χ1v) is 7.70. The molecule has 116 valence electrons. The van der Waals surface area contributed by atoms with E-state index in [1.54, 1.807) is 11.6 Å². The smallest absolute Gasteiger partial charge is 0.421 e. The van der Waals surface area contributed by atoms with E-state index in [9.17, 15) is 13.2 Å². The summed E-state index contributed by atoms with van der Waals surface area (Å²) in [5.41, 5.74) is 4.38. The minimum Gasteiger partial charge on any atom is -0.449 e. The van der Waals surface area contributed by atoms with Gasteiger partial charge in [-0.1, -0.05) is 0 Å². The molecule has 0 aromatic rings. The predicted octanol–water partition coefficient (Wildman–Crippen LogP) is -1.03. The van der Waals surface area contributed by atoms with Crippen LogP contribution in [0, 0.1) is 5.41 Å². The molecule has 1 fully saturated rings. The Morgan fingerprint density at radius 1 is 1.45 bits per heavy atom. The lowest BCUT2D eigenvalue weighted by Gasteiger charge is -2.39. The maximum Gasteiger partial charge on any atom is 0.421 e. The van der Waals surface area contributed by atoms with Crippen LogP contribution in [0.4, 0.5) is 4.79 Å². The first-order chi connectivity index (χ1) is 9.21. The highest BCUT2D eigenvalue weighted by molar-refractivity contribution is 7.88. The Bertz CT molecular complexity index is 470. The van der Waals surface area contributed by atoms with Crippen LogP contribution < -0.4 is 15.2 Å². The van der Waals surface area contributed by atoms with Gasteiger partial charge in [-0.15, -0.1) is 0 Å². The number of nitrogens with zero attached hydrogens (tertiary/aromatic N) is 1. The van der Waals surface area contributed by atoms with Crippen molar-refractivity contribution in [2.24, 2.45) is 5.73 Å². The average Bonchev–Trinajstić information content (AvgIpc) is 2.31. The van der Waals surface area contributed by atoms with Gasteiger partial charge in [0.1, 0.15) is 5.84 Å². The fraction of sp³-hybridized carbons (Fsp3) is 0.800. The van der Waals surface area contributed by atoms with Gasteiger partial charge in [-0.25, -0.2) is 9.52 Å². The predicted molar refractivity (Wildman–Crippen MR) is 73.6 cm³/mol. The molecule has 5 N–H and O–H groups in total. The maximum atomic E-state index is 11.9. The van der Waals surface area contributed by atoms with Crippen LogP contribution in [0.2, 0.25) is 0 Å². The summed E-state index contributed by atoms with van der Waals surface area (Å²) >= 11 is 0. The van der Waals surface area contributed by atoms with Crippen LogP contribution in [0.5, 0.6) is 0 Å². The molecule has 1 heterocycles. The van der Waals surface area contributed by atoms with Crippen molar-refractivity contribution < 1.29 is 17.9 Å². The van der Waals surface area contributed by atoms with Gasteiger partial charge in [-0.2, -0.15) is 13.1 Å². The van der Waals surface area contributed by atoms with E-state index in [-0.39, 0.29) is 12.4 Å². The lowest BCUT2D eigenvalue weighted by Crippen LogP contribution is -2.63. The fourth-order valence-electron chi connectivity index (χ4n) is 1.98. The largest absolute Gasteiger partial charge is 0.449 e. The molecule has 1 saturated heterocycles. The number of carbonyl (C=O) groups excluding carboxylic acids is 1. The number of likely N-dealkylation sites (tertiary alicyclic amines) is 1. The first-order valence-electron chi connectivity index (χ1n) is 6.22. The zero-order valence-corrected chi connectivity index (χ0v) is 12.4. The van der Waals surface area contributed by atoms with Crippen LogP contribution in [0.3, 0.4) is 0 Å². The highest BCUT2D eigenvalue weighted by Gasteiger charge is 2.40. The van der Waals surface area contributed by atoms with E-state index in [1.165, 1.54) is 0 Å². The number of carbonyl (C=O) groups is 1. The molecule has 0 atom stereocenters. The molecular weight excluding hydrogens is 286 g/mol. The van der Waals surface area contributed by atoms with Crippen molar-refractivity contribution in [3.8, 4) is 0 Å². The molecule has 0 unspecified atom stereocenters. The van der Waals surface area contributed by atoms with E-state index >= 15 is 0 Å². The summed E-state index contributed by atoms with van der Waals surface area (Å²) in [5, 5.41) is 7.63. The SMILES string of the molecule is CCOC(=O)NS(=O)(=O)NC1(C(=N)N)CCN(C)CC1. The van der Waals surface area contributed by atoms with E-state index in [2.05, 4.69) is 9.46 Å². The first kappa shape index (κ1) is 16.7. The Kier molecular flexibility index (Phi) is 5.31. The quantitative estimate of drug-likeness (QED) is 0.378. The summed E-state index contributed by atoms with van der Waals surface area (Å²) in [7, 11) is -2.24. The Balaban J connectivity index is 2.80. The van der Waals surface area contributed by atoms with E-state index in [1.807, 2.05) is 11.9 Å². The molecule has 0 radical (unpaired) electrons. The molecule has 9 nitrogen and oxygen atoms in total. The van der Waals surface area contributed by atoms with Gasteiger partial charge in [-0.3, -0.25) is 5.41 Å². The molecular formula is C10H21N5O4S. The maximum absolute atomic E-state index is 11.9. The van der Waals surface area contributed by atoms with Crippen molar-refractivity contribution in [1.29, 1.82) is 5.41 Å². The van der Waals surface area contributed by atoms with E-state index in [0.717, 1.165) is 0 Å². The molecule has 1 aliphatic rings. The number of piperidine rings is 1. The molecule has 0 saturated carbocycles. The van der Waals surface area contributed by atoms with Crippen LogP contribution in [-0.4, -0.2) is 57.5 Å². The van der Waals surface area contributed by atoms with Gasteiger partial charge in [0.15, 0.2) is 0 Å². The molecule has 0 aliphatic carbocycles. The Morgan fingerprint density at radius 2 is 2.00 bits per heavy atom. The number of ether oxygens (including phenoxy) is 1. The van der Waals surface area contributed by atoms with Gasteiger partial charge >= 0.3 is 16.3 Å². The molecule has 0 bridgehead atoms. The summed E-state index contributed by atoms with van der Waals surface area (Å²) in [4.78, 5) is 13.2. The van der Waals surface area contributed by atoms with Crippen molar-refractivity contribution >= 4 is 22.1 Å². The Hall–Kier alpha value is -1.39. The summed E-state index contributed by atoms with van der Waals surface area (Å²) in [6.07, 6.45) is -0.336. The molecule has 0 aromatic carbocycles. The van der Waals surface area contributed by atoms with Crippen molar-refractivity contribution in [3.63, 3.8) is 0 Å². The number of amides is 1. The van der Waals surface area contributed by atoms with Gasteiger partial charge < -0.3 is 15.4 Å². The number of nitrogens with one attached hydrogen (secondary N) is 3. The summed E-state index contributed by atoms with van der Waals surface area (Å²) in [6.45, 7) is 2.82. The van der Waals surface area contributed by atoms with E-state index in [0.29, 0.717) is 25.9 Å². The van der Waals surface area contributed by atoms with Crippen LogP contribution in [-0.2, 0) is 14.9 Å².